The van der Waals surface area contributed by atoms with E-state index in [4.69, 9.17) is 11.6 Å². The van der Waals surface area contributed by atoms with Crippen LogP contribution in [0.2, 0.25) is 5.28 Å². The van der Waals surface area contributed by atoms with Crippen LogP contribution in [0.15, 0.2) is 16.9 Å². The average molecular weight is 301 g/mol. The molecule has 3 nitrogen and oxygen atoms in total. The van der Waals surface area contributed by atoms with E-state index < -0.39 is 0 Å². The van der Waals surface area contributed by atoms with Crippen LogP contribution in [0, 0.1) is 0 Å². The van der Waals surface area contributed by atoms with Crippen molar-refractivity contribution < 1.29 is 0 Å². The zero-order chi connectivity index (χ0) is 11.1. The first-order valence-electron chi connectivity index (χ1n) is 5.44. The van der Waals surface area contributed by atoms with Gasteiger partial charge in [-0.25, -0.2) is 4.98 Å². The van der Waals surface area contributed by atoms with Crippen LogP contribution in [-0.2, 0) is 0 Å². The van der Waals surface area contributed by atoms with Gasteiger partial charge in [-0.3, -0.25) is 0 Å². The molecule has 2 aromatic heterocycles. The number of fused-ring (bicyclic) bond motifs is 1. The van der Waals surface area contributed by atoms with Gasteiger partial charge in [0.2, 0.25) is 5.28 Å². The lowest BCUT2D eigenvalue weighted by Crippen LogP contribution is -2.03. The molecule has 0 bridgehead atoms. The molecule has 1 aliphatic carbocycles. The van der Waals surface area contributed by atoms with Crippen molar-refractivity contribution in [2.75, 3.05) is 0 Å². The van der Waals surface area contributed by atoms with Crippen LogP contribution in [0.5, 0.6) is 0 Å². The quantitative estimate of drug-likeness (QED) is 0.746. The van der Waals surface area contributed by atoms with Gasteiger partial charge >= 0.3 is 0 Å². The second-order valence-corrected chi connectivity index (χ2v) is 5.39. The van der Waals surface area contributed by atoms with E-state index in [2.05, 4.69) is 36.7 Å². The molecule has 0 N–H and O–H groups in total. The lowest BCUT2D eigenvalue weighted by atomic mass is 10.2. The lowest BCUT2D eigenvalue weighted by Gasteiger charge is -2.12. The van der Waals surface area contributed by atoms with Crippen LogP contribution in [0.1, 0.15) is 31.7 Å². The fraction of sp³-hybridized carbons (Fsp3) is 0.455. The first-order chi connectivity index (χ1) is 7.75. The van der Waals surface area contributed by atoms with Crippen LogP contribution >= 0.6 is 27.5 Å². The van der Waals surface area contributed by atoms with E-state index >= 15 is 0 Å². The minimum absolute atomic E-state index is 0.317. The minimum atomic E-state index is 0.317. The maximum atomic E-state index is 5.86. The number of hydrogen-bond donors (Lipinski definition) is 0. The molecule has 0 saturated heterocycles. The normalized spacial score (nSPS) is 17.4. The predicted molar refractivity (Wildman–Crippen MR) is 67.7 cm³/mol. The number of hydrogen-bond acceptors (Lipinski definition) is 2. The highest BCUT2D eigenvalue weighted by Crippen LogP contribution is 2.35. The van der Waals surface area contributed by atoms with Crippen LogP contribution in [0.4, 0.5) is 0 Å². The molecule has 0 spiro atoms. The van der Waals surface area contributed by atoms with Crippen molar-refractivity contribution in [2.45, 2.75) is 31.7 Å². The van der Waals surface area contributed by atoms with E-state index in [1.165, 1.54) is 25.7 Å². The Morgan fingerprint density at radius 3 is 2.88 bits per heavy atom. The third kappa shape index (κ3) is 1.64. The number of nitrogens with zero attached hydrogens (tertiary/aromatic N) is 3. The molecule has 0 amide bonds. The molecule has 0 aromatic carbocycles. The van der Waals surface area contributed by atoms with Gasteiger partial charge in [-0.15, -0.1) is 0 Å². The zero-order valence-electron chi connectivity index (χ0n) is 8.66. The van der Waals surface area contributed by atoms with Crippen molar-refractivity contribution in [3.8, 4) is 0 Å². The summed E-state index contributed by atoms with van der Waals surface area (Å²) < 4.78 is 3.28. The summed E-state index contributed by atoms with van der Waals surface area (Å²) in [4.78, 5) is 8.35. The molecule has 1 saturated carbocycles. The molecular formula is C11H11BrClN3. The van der Waals surface area contributed by atoms with E-state index in [-0.39, 0.29) is 0 Å². The van der Waals surface area contributed by atoms with Crippen molar-refractivity contribution in [3.63, 3.8) is 0 Å². The van der Waals surface area contributed by atoms with Crippen molar-refractivity contribution in [1.29, 1.82) is 0 Å². The van der Waals surface area contributed by atoms with Gasteiger partial charge in [0.05, 0.1) is 5.39 Å². The summed E-state index contributed by atoms with van der Waals surface area (Å²) in [6.07, 6.45) is 8.96. The molecule has 0 aliphatic heterocycles. The summed E-state index contributed by atoms with van der Waals surface area (Å²) in [5.41, 5.74) is 0.943. The molecule has 1 aliphatic rings. The maximum Gasteiger partial charge on any atom is 0.224 e. The van der Waals surface area contributed by atoms with Gasteiger partial charge in [0.15, 0.2) is 0 Å². The fourth-order valence-electron chi connectivity index (χ4n) is 2.43. The van der Waals surface area contributed by atoms with Crippen molar-refractivity contribution in [1.82, 2.24) is 14.5 Å². The summed E-state index contributed by atoms with van der Waals surface area (Å²) in [7, 11) is 0. The predicted octanol–water partition coefficient (Wildman–Crippen LogP) is 3.96. The SMILES string of the molecule is Clc1ncc2c(Br)cn(C3CCCC3)c2n1. The van der Waals surface area contributed by atoms with Crippen molar-refractivity contribution in [2.24, 2.45) is 0 Å². The smallest absolute Gasteiger partial charge is 0.224 e. The van der Waals surface area contributed by atoms with E-state index in [9.17, 15) is 0 Å². The van der Waals surface area contributed by atoms with Crippen LogP contribution in [0.25, 0.3) is 11.0 Å². The van der Waals surface area contributed by atoms with Crippen molar-refractivity contribution in [3.05, 3.63) is 22.1 Å². The van der Waals surface area contributed by atoms with Gasteiger partial charge in [0.1, 0.15) is 5.65 Å². The number of aromatic nitrogens is 3. The molecule has 3 rings (SSSR count). The van der Waals surface area contributed by atoms with E-state index in [1.807, 2.05) is 0 Å². The third-order valence-electron chi connectivity index (χ3n) is 3.21. The highest BCUT2D eigenvalue weighted by Gasteiger charge is 2.20. The number of halogens is 2. The maximum absolute atomic E-state index is 5.86. The Kier molecular flexibility index (Phi) is 2.64. The van der Waals surface area contributed by atoms with Gasteiger partial charge in [-0.05, 0) is 40.4 Å². The lowest BCUT2D eigenvalue weighted by molar-refractivity contribution is 0.532. The molecule has 1 fully saturated rings. The molecule has 5 heteroatoms. The summed E-state index contributed by atoms with van der Waals surface area (Å²) in [6.45, 7) is 0. The van der Waals surface area contributed by atoms with Gasteiger partial charge in [-0.2, -0.15) is 4.98 Å². The summed E-state index contributed by atoms with van der Waals surface area (Å²) in [6, 6.07) is 0.569. The Morgan fingerprint density at radius 2 is 2.12 bits per heavy atom. The molecule has 2 aromatic rings. The molecule has 16 heavy (non-hydrogen) atoms. The Labute approximate surface area is 107 Å². The molecule has 0 radical (unpaired) electrons. The molecule has 2 heterocycles. The zero-order valence-corrected chi connectivity index (χ0v) is 11.0. The summed E-state index contributed by atoms with van der Waals surface area (Å²) >= 11 is 9.40. The fourth-order valence-corrected chi connectivity index (χ4v) is 3.06. The Morgan fingerprint density at radius 1 is 1.38 bits per heavy atom. The van der Waals surface area contributed by atoms with Gasteiger partial charge in [0, 0.05) is 22.9 Å². The summed E-state index contributed by atoms with van der Waals surface area (Å²) in [5.74, 6) is 0. The highest BCUT2D eigenvalue weighted by molar-refractivity contribution is 9.10. The van der Waals surface area contributed by atoms with E-state index in [1.54, 1.807) is 6.20 Å². The standard InChI is InChI=1S/C11H11BrClN3/c12-9-6-16(7-3-1-2-4-7)10-8(9)5-14-11(13)15-10/h5-7H,1-4H2. The van der Waals surface area contributed by atoms with Crippen LogP contribution in [0.3, 0.4) is 0 Å². The first-order valence-corrected chi connectivity index (χ1v) is 6.61. The molecule has 0 atom stereocenters. The average Bonchev–Trinajstić information content (AvgIpc) is 2.86. The Bertz CT molecular complexity index is 531. The summed E-state index contributed by atoms with van der Waals surface area (Å²) in [5, 5.41) is 1.36. The monoisotopic (exact) mass is 299 g/mol. The van der Waals surface area contributed by atoms with Crippen LogP contribution in [-0.4, -0.2) is 14.5 Å². The largest absolute Gasteiger partial charge is 0.328 e. The topological polar surface area (TPSA) is 30.7 Å². The van der Waals surface area contributed by atoms with Gasteiger partial charge < -0.3 is 4.57 Å². The first kappa shape index (κ1) is 10.5. The second kappa shape index (κ2) is 4.00. The van der Waals surface area contributed by atoms with E-state index in [0.717, 1.165) is 15.5 Å². The molecule has 0 unspecified atom stereocenters. The van der Waals surface area contributed by atoms with Crippen molar-refractivity contribution >= 4 is 38.6 Å². The third-order valence-corrected chi connectivity index (χ3v) is 4.03. The highest BCUT2D eigenvalue weighted by atomic mass is 79.9. The second-order valence-electron chi connectivity index (χ2n) is 4.20. The van der Waals surface area contributed by atoms with Gasteiger partial charge in [0.25, 0.3) is 0 Å². The van der Waals surface area contributed by atoms with Gasteiger partial charge in [-0.1, -0.05) is 12.8 Å². The molecule has 84 valence electrons. The van der Waals surface area contributed by atoms with Crippen LogP contribution < -0.4 is 0 Å². The molecular weight excluding hydrogens is 289 g/mol. The Balaban J connectivity index is 2.19. The van der Waals surface area contributed by atoms with E-state index in [0.29, 0.717) is 11.3 Å². The minimum Gasteiger partial charge on any atom is -0.328 e. The Hall–Kier alpha value is -0.610. The number of rotatable bonds is 1.